The van der Waals surface area contributed by atoms with Crippen molar-refractivity contribution in [2.24, 2.45) is 0 Å². The van der Waals surface area contributed by atoms with Crippen LogP contribution in [0.3, 0.4) is 0 Å². The van der Waals surface area contributed by atoms with Crippen molar-refractivity contribution in [3.8, 4) is 11.3 Å². The summed E-state index contributed by atoms with van der Waals surface area (Å²) in [6, 6.07) is 5.34. The van der Waals surface area contributed by atoms with Crippen molar-refractivity contribution < 1.29 is 4.39 Å². The van der Waals surface area contributed by atoms with Crippen LogP contribution < -0.4 is 0 Å². The number of aryl methyl sites for hydroxylation is 2. The number of nitrogens with zero attached hydrogens (tertiary/aromatic N) is 4. The molecule has 0 atom stereocenters. The summed E-state index contributed by atoms with van der Waals surface area (Å²) in [4.78, 5) is 8.46. The molecule has 0 spiro atoms. The molecule has 4 rings (SSSR count). The summed E-state index contributed by atoms with van der Waals surface area (Å²) in [5.74, 6) is -0.315. The average Bonchev–Trinajstić information content (AvgIpc) is 3.04. The lowest BCUT2D eigenvalue weighted by atomic mass is 10.1. The van der Waals surface area contributed by atoms with Crippen LogP contribution in [0.5, 0.6) is 0 Å². The highest BCUT2D eigenvalue weighted by atomic mass is 32.1. The molecule has 21 heavy (non-hydrogen) atoms. The normalized spacial score (nSPS) is 11.6. The Morgan fingerprint density at radius 2 is 2.05 bits per heavy atom. The van der Waals surface area contributed by atoms with Gasteiger partial charge in [-0.25, -0.2) is 18.9 Å². The first kappa shape index (κ1) is 12.4. The van der Waals surface area contributed by atoms with Gasteiger partial charge in [-0.15, -0.1) is 11.3 Å². The van der Waals surface area contributed by atoms with Crippen LogP contribution in [0.4, 0.5) is 4.39 Å². The van der Waals surface area contributed by atoms with Crippen molar-refractivity contribution in [1.29, 1.82) is 0 Å². The number of imidazole rings is 1. The average molecular weight is 298 g/mol. The number of benzene rings is 1. The first-order chi connectivity index (χ1) is 10.1. The lowest BCUT2D eigenvalue weighted by Gasteiger charge is -2.05. The second-order valence-corrected chi connectivity index (χ2v) is 5.91. The van der Waals surface area contributed by atoms with Gasteiger partial charge in [0, 0.05) is 5.56 Å². The smallest absolute Gasteiger partial charge is 0.156 e. The zero-order chi connectivity index (χ0) is 14.6. The fourth-order valence-corrected chi connectivity index (χ4v) is 3.19. The standard InChI is InChI=1S/C15H11FN4S/c1-8-3-12(19-20-6-9(2)18-15(8)20)10-4-11(16)14-13(5-10)21-7-17-14/h3-7H,1-2H3. The van der Waals surface area contributed by atoms with E-state index in [0.29, 0.717) is 5.52 Å². The van der Waals surface area contributed by atoms with Gasteiger partial charge in [-0.2, -0.15) is 5.10 Å². The second-order valence-electron chi connectivity index (χ2n) is 5.02. The molecule has 3 aromatic heterocycles. The minimum Gasteiger partial charge on any atom is -0.242 e. The Morgan fingerprint density at radius 1 is 1.19 bits per heavy atom. The Hall–Kier alpha value is -2.34. The molecular weight excluding hydrogens is 287 g/mol. The summed E-state index contributed by atoms with van der Waals surface area (Å²) in [5.41, 5.74) is 6.30. The summed E-state index contributed by atoms with van der Waals surface area (Å²) >= 11 is 1.42. The van der Waals surface area contributed by atoms with E-state index in [1.807, 2.05) is 32.2 Å². The van der Waals surface area contributed by atoms with E-state index in [2.05, 4.69) is 15.1 Å². The van der Waals surface area contributed by atoms with Gasteiger partial charge >= 0.3 is 0 Å². The Bertz CT molecular complexity index is 986. The van der Waals surface area contributed by atoms with E-state index in [4.69, 9.17) is 0 Å². The molecule has 0 fully saturated rings. The van der Waals surface area contributed by atoms with E-state index in [0.717, 1.165) is 32.9 Å². The quantitative estimate of drug-likeness (QED) is 0.537. The molecule has 4 nitrogen and oxygen atoms in total. The predicted molar refractivity (Wildman–Crippen MR) is 81.0 cm³/mol. The molecule has 0 unspecified atom stereocenters. The van der Waals surface area contributed by atoms with E-state index in [9.17, 15) is 4.39 Å². The largest absolute Gasteiger partial charge is 0.242 e. The molecule has 4 aromatic rings. The number of halogens is 1. The zero-order valence-corrected chi connectivity index (χ0v) is 12.3. The molecule has 0 amide bonds. The first-order valence-electron chi connectivity index (χ1n) is 6.48. The van der Waals surface area contributed by atoms with Crippen molar-refractivity contribution in [3.05, 3.63) is 47.0 Å². The SMILES string of the molecule is Cc1cn2nc(-c3cc(F)c4ncsc4c3)cc(C)c2n1. The van der Waals surface area contributed by atoms with Gasteiger partial charge in [0.2, 0.25) is 0 Å². The molecule has 1 aromatic carbocycles. The third-order valence-electron chi connectivity index (χ3n) is 3.42. The molecule has 3 heterocycles. The number of rotatable bonds is 1. The van der Waals surface area contributed by atoms with Gasteiger partial charge in [0.1, 0.15) is 5.52 Å². The molecule has 6 heteroatoms. The number of hydrogen-bond acceptors (Lipinski definition) is 4. The number of fused-ring (bicyclic) bond motifs is 2. The molecule has 0 N–H and O–H groups in total. The molecule has 0 saturated carbocycles. The molecule has 0 bridgehead atoms. The summed E-state index contributed by atoms with van der Waals surface area (Å²) in [7, 11) is 0. The van der Waals surface area contributed by atoms with Crippen molar-refractivity contribution in [3.63, 3.8) is 0 Å². The summed E-state index contributed by atoms with van der Waals surface area (Å²) in [6.07, 6.45) is 1.87. The first-order valence-corrected chi connectivity index (χ1v) is 7.36. The van der Waals surface area contributed by atoms with E-state index < -0.39 is 0 Å². The van der Waals surface area contributed by atoms with E-state index in [1.54, 1.807) is 10.0 Å². The topological polar surface area (TPSA) is 43.1 Å². The Morgan fingerprint density at radius 3 is 2.90 bits per heavy atom. The lowest BCUT2D eigenvalue weighted by Crippen LogP contribution is -1.96. The Kier molecular flexibility index (Phi) is 2.56. The molecule has 0 aliphatic carbocycles. The van der Waals surface area contributed by atoms with Gasteiger partial charge < -0.3 is 0 Å². The van der Waals surface area contributed by atoms with Crippen molar-refractivity contribution in [2.75, 3.05) is 0 Å². The van der Waals surface area contributed by atoms with Crippen LogP contribution in [0.15, 0.2) is 29.9 Å². The third kappa shape index (κ3) is 1.91. The number of aromatic nitrogens is 4. The highest BCUT2D eigenvalue weighted by Crippen LogP contribution is 2.28. The maximum atomic E-state index is 14.1. The molecule has 0 aliphatic rings. The van der Waals surface area contributed by atoms with Crippen molar-refractivity contribution in [2.45, 2.75) is 13.8 Å². The second kappa shape index (κ2) is 4.33. The van der Waals surface area contributed by atoms with Crippen LogP contribution in [0.25, 0.3) is 27.1 Å². The molecule has 0 radical (unpaired) electrons. The van der Waals surface area contributed by atoms with Crippen LogP contribution in [0, 0.1) is 19.7 Å². The minimum atomic E-state index is -0.315. The van der Waals surface area contributed by atoms with Gasteiger partial charge in [0.25, 0.3) is 0 Å². The summed E-state index contributed by atoms with van der Waals surface area (Å²) in [5, 5.41) is 4.53. The van der Waals surface area contributed by atoms with E-state index >= 15 is 0 Å². The molecule has 0 aliphatic heterocycles. The third-order valence-corrected chi connectivity index (χ3v) is 4.19. The van der Waals surface area contributed by atoms with Crippen LogP contribution in [-0.2, 0) is 0 Å². The minimum absolute atomic E-state index is 0.315. The summed E-state index contributed by atoms with van der Waals surface area (Å²) in [6.45, 7) is 3.91. The Balaban J connectivity index is 1.98. The highest BCUT2D eigenvalue weighted by Gasteiger charge is 2.11. The van der Waals surface area contributed by atoms with Crippen LogP contribution >= 0.6 is 11.3 Å². The molecule has 0 saturated heterocycles. The Labute approximate surface area is 123 Å². The van der Waals surface area contributed by atoms with Crippen molar-refractivity contribution >= 4 is 27.2 Å². The van der Waals surface area contributed by atoms with Crippen molar-refractivity contribution in [1.82, 2.24) is 19.6 Å². The zero-order valence-electron chi connectivity index (χ0n) is 11.5. The van der Waals surface area contributed by atoms with Crippen LogP contribution in [-0.4, -0.2) is 19.6 Å². The van der Waals surface area contributed by atoms with Gasteiger partial charge in [0.05, 0.1) is 27.8 Å². The van der Waals surface area contributed by atoms with Gasteiger partial charge in [-0.3, -0.25) is 0 Å². The maximum Gasteiger partial charge on any atom is 0.156 e. The van der Waals surface area contributed by atoms with Gasteiger partial charge in [-0.1, -0.05) is 0 Å². The predicted octanol–water partition coefficient (Wildman–Crippen LogP) is 3.76. The lowest BCUT2D eigenvalue weighted by molar-refractivity contribution is 0.637. The number of hydrogen-bond donors (Lipinski definition) is 0. The number of thiazole rings is 1. The summed E-state index contributed by atoms with van der Waals surface area (Å²) < 4.78 is 16.7. The fourth-order valence-electron chi connectivity index (χ4n) is 2.46. The van der Waals surface area contributed by atoms with Gasteiger partial charge in [-0.05, 0) is 37.6 Å². The van der Waals surface area contributed by atoms with Crippen LogP contribution in [0.1, 0.15) is 11.3 Å². The van der Waals surface area contributed by atoms with E-state index in [1.165, 1.54) is 17.4 Å². The fraction of sp³-hybridized carbons (Fsp3) is 0.133. The molecule has 104 valence electrons. The monoisotopic (exact) mass is 298 g/mol. The highest BCUT2D eigenvalue weighted by molar-refractivity contribution is 7.16. The van der Waals surface area contributed by atoms with Gasteiger partial charge in [0.15, 0.2) is 11.5 Å². The molecular formula is C15H11FN4S. The van der Waals surface area contributed by atoms with Crippen LogP contribution in [0.2, 0.25) is 0 Å². The van der Waals surface area contributed by atoms with E-state index in [-0.39, 0.29) is 5.82 Å². The maximum absolute atomic E-state index is 14.1.